The molecule has 0 unspecified atom stereocenters. The molecule has 0 atom stereocenters. The molecular formula is C23H22N2O6. The van der Waals surface area contributed by atoms with Gasteiger partial charge in [0.05, 0.1) is 27.4 Å². The monoisotopic (exact) mass is 422 g/mol. The van der Waals surface area contributed by atoms with Crippen LogP contribution in [0.3, 0.4) is 0 Å². The lowest BCUT2D eigenvalue weighted by Gasteiger charge is -2.26. The highest BCUT2D eigenvalue weighted by Crippen LogP contribution is 2.31. The average Bonchev–Trinajstić information content (AvgIpc) is 2.83. The van der Waals surface area contributed by atoms with Crippen LogP contribution in [0.2, 0.25) is 0 Å². The number of carbonyl (C=O) groups is 2. The van der Waals surface area contributed by atoms with Gasteiger partial charge in [-0.3, -0.25) is 4.79 Å². The number of carbonyl (C=O) groups excluding carboxylic acids is 2. The summed E-state index contributed by atoms with van der Waals surface area (Å²) in [5.74, 6) is -0.0660. The molecule has 1 heterocycles. The van der Waals surface area contributed by atoms with Gasteiger partial charge in [0.25, 0.3) is 5.91 Å². The fraction of sp³-hybridized carbons (Fsp3) is 0.261. The molecule has 1 fully saturated rings. The van der Waals surface area contributed by atoms with E-state index in [1.165, 1.54) is 20.3 Å². The van der Waals surface area contributed by atoms with E-state index < -0.39 is 5.97 Å². The second-order valence-corrected chi connectivity index (χ2v) is 6.57. The first-order valence-electron chi connectivity index (χ1n) is 9.59. The molecule has 0 aliphatic carbocycles. The van der Waals surface area contributed by atoms with Crippen molar-refractivity contribution in [3.8, 4) is 23.3 Å². The number of nitrogens with zero attached hydrogens (tertiary/aromatic N) is 2. The highest BCUT2D eigenvalue weighted by molar-refractivity contribution is 6.01. The van der Waals surface area contributed by atoms with E-state index in [2.05, 4.69) is 0 Å². The SMILES string of the molecule is COc1cc(/C=C(\C#N)C(=O)N2CCOCC2)ccc1OC(=O)c1ccccc1OC. The zero-order chi connectivity index (χ0) is 22.2. The molecule has 0 bridgehead atoms. The lowest BCUT2D eigenvalue weighted by Crippen LogP contribution is -2.41. The first-order chi connectivity index (χ1) is 15.1. The first kappa shape index (κ1) is 21.9. The number of ether oxygens (including phenoxy) is 4. The molecule has 1 saturated heterocycles. The van der Waals surface area contributed by atoms with Crippen molar-refractivity contribution in [1.29, 1.82) is 5.26 Å². The molecule has 1 amide bonds. The number of amides is 1. The van der Waals surface area contributed by atoms with Gasteiger partial charge in [0.1, 0.15) is 23.0 Å². The summed E-state index contributed by atoms with van der Waals surface area (Å²) < 4.78 is 21.2. The molecule has 0 saturated carbocycles. The molecule has 3 rings (SSSR count). The maximum absolute atomic E-state index is 12.6. The van der Waals surface area contributed by atoms with Crippen molar-refractivity contribution in [2.45, 2.75) is 0 Å². The summed E-state index contributed by atoms with van der Waals surface area (Å²) >= 11 is 0. The Hall–Kier alpha value is -3.83. The number of hydrogen-bond donors (Lipinski definition) is 0. The highest BCUT2D eigenvalue weighted by atomic mass is 16.6. The number of benzene rings is 2. The van der Waals surface area contributed by atoms with Crippen LogP contribution >= 0.6 is 0 Å². The van der Waals surface area contributed by atoms with Crippen LogP contribution in [0.25, 0.3) is 6.08 Å². The third-order valence-corrected chi connectivity index (χ3v) is 4.68. The smallest absolute Gasteiger partial charge is 0.347 e. The predicted octanol–water partition coefficient (Wildman–Crippen LogP) is 2.69. The van der Waals surface area contributed by atoms with E-state index >= 15 is 0 Å². The van der Waals surface area contributed by atoms with Crippen molar-refractivity contribution in [1.82, 2.24) is 4.90 Å². The van der Waals surface area contributed by atoms with Crippen LogP contribution in [0.4, 0.5) is 0 Å². The standard InChI is InChI=1S/C23H22N2O6/c1-28-19-6-4-3-5-18(19)23(27)31-20-8-7-16(14-21(20)29-2)13-17(15-24)22(26)25-9-11-30-12-10-25/h3-8,13-14H,9-12H2,1-2H3/b17-13+. The van der Waals surface area contributed by atoms with Gasteiger partial charge in [-0.15, -0.1) is 0 Å². The Kier molecular flexibility index (Phi) is 7.25. The summed E-state index contributed by atoms with van der Waals surface area (Å²) in [5, 5.41) is 9.45. The Labute approximate surface area is 180 Å². The molecule has 1 aliphatic heterocycles. The van der Waals surface area contributed by atoms with Crippen LogP contribution < -0.4 is 14.2 Å². The molecule has 31 heavy (non-hydrogen) atoms. The van der Waals surface area contributed by atoms with Gasteiger partial charge < -0.3 is 23.8 Å². The normalized spacial score (nSPS) is 13.8. The van der Waals surface area contributed by atoms with E-state index in [-0.39, 0.29) is 28.5 Å². The quantitative estimate of drug-likeness (QED) is 0.305. The summed E-state index contributed by atoms with van der Waals surface area (Å²) in [6.07, 6.45) is 1.48. The number of hydrogen-bond acceptors (Lipinski definition) is 7. The van der Waals surface area contributed by atoms with Crippen LogP contribution in [0.1, 0.15) is 15.9 Å². The van der Waals surface area contributed by atoms with E-state index in [0.717, 1.165) is 0 Å². The lowest BCUT2D eigenvalue weighted by atomic mass is 10.1. The summed E-state index contributed by atoms with van der Waals surface area (Å²) in [6, 6.07) is 13.5. The summed E-state index contributed by atoms with van der Waals surface area (Å²) in [6.45, 7) is 1.78. The number of rotatable bonds is 6. The van der Waals surface area contributed by atoms with Gasteiger partial charge in [0.15, 0.2) is 11.5 Å². The molecule has 2 aromatic carbocycles. The van der Waals surface area contributed by atoms with Gasteiger partial charge in [-0.2, -0.15) is 5.26 Å². The zero-order valence-corrected chi connectivity index (χ0v) is 17.3. The van der Waals surface area contributed by atoms with Crippen molar-refractivity contribution in [3.05, 3.63) is 59.2 Å². The number of para-hydroxylation sites is 1. The number of nitriles is 1. The van der Waals surface area contributed by atoms with E-state index in [9.17, 15) is 14.9 Å². The topological polar surface area (TPSA) is 98.1 Å². The molecule has 160 valence electrons. The Morgan fingerprint density at radius 3 is 2.42 bits per heavy atom. The van der Waals surface area contributed by atoms with Gasteiger partial charge in [0.2, 0.25) is 0 Å². The number of morpholine rings is 1. The van der Waals surface area contributed by atoms with E-state index in [0.29, 0.717) is 37.6 Å². The van der Waals surface area contributed by atoms with Gasteiger partial charge in [-0.05, 0) is 35.9 Å². The second-order valence-electron chi connectivity index (χ2n) is 6.57. The summed E-state index contributed by atoms with van der Waals surface area (Å²) in [4.78, 5) is 26.7. The molecule has 0 spiro atoms. The third-order valence-electron chi connectivity index (χ3n) is 4.68. The van der Waals surface area contributed by atoms with Gasteiger partial charge in [-0.25, -0.2) is 4.79 Å². The zero-order valence-electron chi connectivity index (χ0n) is 17.3. The van der Waals surface area contributed by atoms with Crippen LogP contribution in [0, 0.1) is 11.3 Å². The molecule has 0 radical (unpaired) electrons. The van der Waals surface area contributed by atoms with Crippen molar-refractivity contribution in [2.75, 3.05) is 40.5 Å². The Bertz CT molecular complexity index is 1030. The Morgan fingerprint density at radius 2 is 1.74 bits per heavy atom. The van der Waals surface area contributed by atoms with Crippen LogP contribution in [-0.4, -0.2) is 57.3 Å². The fourth-order valence-electron chi connectivity index (χ4n) is 3.07. The van der Waals surface area contributed by atoms with Crippen molar-refractivity contribution >= 4 is 18.0 Å². The Balaban J connectivity index is 1.82. The maximum atomic E-state index is 12.6. The third kappa shape index (κ3) is 5.21. The number of esters is 1. The molecule has 8 nitrogen and oxygen atoms in total. The molecule has 0 aromatic heterocycles. The molecule has 8 heteroatoms. The highest BCUT2D eigenvalue weighted by Gasteiger charge is 2.21. The lowest BCUT2D eigenvalue weighted by molar-refractivity contribution is -0.130. The Morgan fingerprint density at radius 1 is 1.03 bits per heavy atom. The van der Waals surface area contributed by atoms with Gasteiger partial charge in [-0.1, -0.05) is 18.2 Å². The largest absolute Gasteiger partial charge is 0.496 e. The minimum atomic E-state index is -0.598. The van der Waals surface area contributed by atoms with Crippen LogP contribution in [-0.2, 0) is 9.53 Å². The first-order valence-corrected chi connectivity index (χ1v) is 9.59. The molecule has 0 N–H and O–H groups in total. The van der Waals surface area contributed by atoms with E-state index in [1.807, 2.05) is 6.07 Å². The minimum absolute atomic E-state index is 0.00252. The maximum Gasteiger partial charge on any atom is 0.347 e. The average molecular weight is 422 g/mol. The predicted molar refractivity (Wildman–Crippen MR) is 112 cm³/mol. The van der Waals surface area contributed by atoms with Crippen molar-refractivity contribution in [2.24, 2.45) is 0 Å². The fourth-order valence-corrected chi connectivity index (χ4v) is 3.07. The van der Waals surface area contributed by atoms with E-state index in [4.69, 9.17) is 18.9 Å². The molecule has 2 aromatic rings. The molecule has 1 aliphatic rings. The summed E-state index contributed by atoms with van der Waals surface area (Å²) in [7, 11) is 2.91. The van der Waals surface area contributed by atoms with Gasteiger partial charge in [0, 0.05) is 13.1 Å². The van der Waals surface area contributed by atoms with Crippen molar-refractivity contribution < 1.29 is 28.5 Å². The van der Waals surface area contributed by atoms with E-state index in [1.54, 1.807) is 47.4 Å². The van der Waals surface area contributed by atoms with Crippen molar-refractivity contribution in [3.63, 3.8) is 0 Å². The minimum Gasteiger partial charge on any atom is -0.496 e. The second kappa shape index (κ2) is 10.3. The number of methoxy groups -OCH3 is 2. The van der Waals surface area contributed by atoms with Gasteiger partial charge >= 0.3 is 5.97 Å². The van der Waals surface area contributed by atoms with Crippen LogP contribution in [0.15, 0.2) is 48.0 Å². The molecular weight excluding hydrogens is 400 g/mol. The van der Waals surface area contributed by atoms with Crippen LogP contribution in [0.5, 0.6) is 17.2 Å². The summed E-state index contributed by atoms with van der Waals surface area (Å²) in [5.41, 5.74) is 0.841.